The third kappa shape index (κ3) is 3.46. The van der Waals surface area contributed by atoms with Gasteiger partial charge < -0.3 is 5.32 Å². The molecule has 2 fully saturated rings. The molecule has 1 atom stereocenters. The Kier molecular flexibility index (Phi) is 4.66. The van der Waals surface area contributed by atoms with Crippen molar-refractivity contribution in [2.24, 2.45) is 5.92 Å². The average Bonchev–Trinajstić information content (AvgIpc) is 3.03. The van der Waals surface area contributed by atoms with Gasteiger partial charge in [0, 0.05) is 25.2 Å². The maximum atomic E-state index is 3.70. The van der Waals surface area contributed by atoms with Gasteiger partial charge in [-0.15, -0.1) is 0 Å². The molecule has 0 aromatic carbocycles. The first-order valence-electron chi connectivity index (χ1n) is 7.30. The predicted molar refractivity (Wildman–Crippen MR) is 69.7 cm³/mol. The molecule has 0 amide bonds. The summed E-state index contributed by atoms with van der Waals surface area (Å²) in [4.78, 5) is 2.74. The zero-order chi connectivity index (χ0) is 11.4. The van der Waals surface area contributed by atoms with Crippen LogP contribution < -0.4 is 5.32 Å². The second kappa shape index (κ2) is 6.02. The van der Waals surface area contributed by atoms with E-state index in [1.807, 2.05) is 0 Å². The molecule has 1 aliphatic heterocycles. The van der Waals surface area contributed by atoms with Crippen molar-refractivity contribution in [3.8, 4) is 0 Å². The summed E-state index contributed by atoms with van der Waals surface area (Å²) in [7, 11) is 0. The molecule has 0 aromatic heterocycles. The van der Waals surface area contributed by atoms with Crippen LogP contribution in [0.1, 0.15) is 52.4 Å². The lowest BCUT2D eigenvalue weighted by Crippen LogP contribution is -2.40. The Morgan fingerprint density at radius 3 is 2.56 bits per heavy atom. The highest BCUT2D eigenvalue weighted by molar-refractivity contribution is 4.87. The van der Waals surface area contributed by atoms with Crippen LogP contribution in [0.5, 0.6) is 0 Å². The first-order chi connectivity index (χ1) is 7.83. The van der Waals surface area contributed by atoms with Crippen LogP contribution in [-0.4, -0.2) is 36.6 Å². The van der Waals surface area contributed by atoms with Crippen molar-refractivity contribution in [3.63, 3.8) is 0 Å². The van der Waals surface area contributed by atoms with Crippen LogP contribution in [-0.2, 0) is 0 Å². The van der Waals surface area contributed by atoms with Gasteiger partial charge in [-0.1, -0.05) is 26.7 Å². The molecule has 2 rings (SSSR count). The van der Waals surface area contributed by atoms with E-state index >= 15 is 0 Å². The molecule has 1 unspecified atom stereocenters. The minimum absolute atomic E-state index is 0.834. The van der Waals surface area contributed by atoms with E-state index in [9.17, 15) is 0 Å². The Morgan fingerprint density at radius 1 is 1.19 bits per heavy atom. The molecule has 1 aliphatic carbocycles. The summed E-state index contributed by atoms with van der Waals surface area (Å²) in [6, 6.07) is 1.71. The number of rotatable bonds is 7. The Hall–Kier alpha value is -0.0800. The molecular weight excluding hydrogens is 196 g/mol. The van der Waals surface area contributed by atoms with Gasteiger partial charge in [0.25, 0.3) is 0 Å². The summed E-state index contributed by atoms with van der Waals surface area (Å²) in [5.74, 6) is 0.918. The molecule has 16 heavy (non-hydrogen) atoms. The van der Waals surface area contributed by atoms with Gasteiger partial charge in [0.05, 0.1) is 0 Å². The van der Waals surface area contributed by atoms with Gasteiger partial charge in [-0.25, -0.2) is 0 Å². The Balaban J connectivity index is 1.72. The SMILES string of the molecule is CCC(CC)CN1CCCC1CNC1CC1. The zero-order valence-electron chi connectivity index (χ0n) is 11.0. The summed E-state index contributed by atoms with van der Waals surface area (Å²) in [6.07, 6.45) is 8.35. The van der Waals surface area contributed by atoms with Crippen LogP contribution in [0.2, 0.25) is 0 Å². The van der Waals surface area contributed by atoms with E-state index in [0.29, 0.717) is 0 Å². The minimum atomic E-state index is 0.834. The zero-order valence-corrected chi connectivity index (χ0v) is 11.0. The number of likely N-dealkylation sites (tertiary alicyclic amines) is 1. The topological polar surface area (TPSA) is 15.3 Å². The lowest BCUT2D eigenvalue weighted by Gasteiger charge is -2.28. The van der Waals surface area contributed by atoms with Crippen LogP contribution >= 0.6 is 0 Å². The quantitative estimate of drug-likeness (QED) is 0.715. The smallest absolute Gasteiger partial charge is 0.0221 e. The lowest BCUT2D eigenvalue weighted by atomic mass is 10.0. The molecule has 0 spiro atoms. The van der Waals surface area contributed by atoms with Crippen molar-refractivity contribution < 1.29 is 0 Å². The number of nitrogens with one attached hydrogen (secondary N) is 1. The summed E-state index contributed by atoms with van der Waals surface area (Å²) >= 11 is 0. The highest BCUT2D eigenvalue weighted by Crippen LogP contribution is 2.23. The van der Waals surface area contributed by atoms with Crippen molar-refractivity contribution in [2.75, 3.05) is 19.6 Å². The highest BCUT2D eigenvalue weighted by atomic mass is 15.2. The Morgan fingerprint density at radius 2 is 1.94 bits per heavy atom. The number of nitrogens with zero attached hydrogens (tertiary/aromatic N) is 1. The van der Waals surface area contributed by atoms with E-state index in [-0.39, 0.29) is 0 Å². The van der Waals surface area contributed by atoms with Crippen LogP contribution in [0.3, 0.4) is 0 Å². The minimum Gasteiger partial charge on any atom is -0.312 e. The van der Waals surface area contributed by atoms with Crippen molar-refractivity contribution in [1.29, 1.82) is 0 Å². The molecule has 2 nitrogen and oxygen atoms in total. The third-order valence-electron chi connectivity index (χ3n) is 4.37. The van der Waals surface area contributed by atoms with Crippen LogP contribution in [0.15, 0.2) is 0 Å². The molecule has 1 saturated heterocycles. The summed E-state index contributed by atoms with van der Waals surface area (Å²) in [5.41, 5.74) is 0. The lowest BCUT2D eigenvalue weighted by molar-refractivity contribution is 0.204. The summed E-state index contributed by atoms with van der Waals surface area (Å²) < 4.78 is 0. The Labute approximate surface area is 101 Å². The van der Waals surface area contributed by atoms with Crippen LogP contribution in [0.25, 0.3) is 0 Å². The molecule has 1 saturated carbocycles. The van der Waals surface area contributed by atoms with E-state index in [1.54, 1.807) is 0 Å². The van der Waals surface area contributed by atoms with Gasteiger partial charge in [-0.3, -0.25) is 4.90 Å². The number of hydrogen-bond acceptors (Lipinski definition) is 2. The van der Waals surface area contributed by atoms with Gasteiger partial charge in [0.15, 0.2) is 0 Å². The molecule has 0 aromatic rings. The maximum absolute atomic E-state index is 3.70. The monoisotopic (exact) mass is 224 g/mol. The van der Waals surface area contributed by atoms with Gasteiger partial charge in [-0.05, 0) is 38.1 Å². The molecule has 2 heteroatoms. The normalized spacial score (nSPS) is 26.8. The van der Waals surface area contributed by atoms with Gasteiger partial charge >= 0.3 is 0 Å². The van der Waals surface area contributed by atoms with Crippen molar-refractivity contribution in [3.05, 3.63) is 0 Å². The fourth-order valence-corrected chi connectivity index (χ4v) is 2.84. The van der Waals surface area contributed by atoms with E-state index in [1.165, 1.54) is 58.2 Å². The summed E-state index contributed by atoms with van der Waals surface area (Å²) in [6.45, 7) is 8.59. The second-order valence-electron chi connectivity index (χ2n) is 5.66. The van der Waals surface area contributed by atoms with Crippen molar-refractivity contribution in [1.82, 2.24) is 10.2 Å². The van der Waals surface area contributed by atoms with E-state index in [0.717, 1.165) is 18.0 Å². The summed E-state index contributed by atoms with van der Waals surface area (Å²) in [5, 5.41) is 3.70. The van der Waals surface area contributed by atoms with Gasteiger partial charge in [-0.2, -0.15) is 0 Å². The fourth-order valence-electron chi connectivity index (χ4n) is 2.84. The molecule has 0 bridgehead atoms. The van der Waals surface area contributed by atoms with Gasteiger partial charge in [0.2, 0.25) is 0 Å². The van der Waals surface area contributed by atoms with Crippen LogP contribution in [0, 0.1) is 5.92 Å². The fraction of sp³-hybridized carbons (Fsp3) is 1.00. The third-order valence-corrected chi connectivity index (χ3v) is 4.37. The molecule has 1 N–H and O–H groups in total. The van der Waals surface area contributed by atoms with E-state index in [4.69, 9.17) is 0 Å². The van der Waals surface area contributed by atoms with Crippen molar-refractivity contribution >= 4 is 0 Å². The number of hydrogen-bond donors (Lipinski definition) is 1. The molecule has 2 aliphatic rings. The highest BCUT2D eigenvalue weighted by Gasteiger charge is 2.28. The van der Waals surface area contributed by atoms with E-state index in [2.05, 4.69) is 24.1 Å². The molecule has 1 heterocycles. The first kappa shape index (κ1) is 12.4. The maximum Gasteiger partial charge on any atom is 0.0221 e. The Bertz CT molecular complexity index is 197. The first-order valence-corrected chi connectivity index (χ1v) is 7.30. The molecular formula is C14H28N2. The van der Waals surface area contributed by atoms with Crippen LogP contribution in [0.4, 0.5) is 0 Å². The molecule has 94 valence electrons. The molecule has 0 radical (unpaired) electrons. The average molecular weight is 224 g/mol. The van der Waals surface area contributed by atoms with E-state index < -0.39 is 0 Å². The predicted octanol–water partition coefficient (Wildman–Crippen LogP) is 2.64. The van der Waals surface area contributed by atoms with Gasteiger partial charge in [0.1, 0.15) is 0 Å². The largest absolute Gasteiger partial charge is 0.312 e. The standard InChI is InChI=1S/C14H28N2/c1-3-12(4-2)11-16-9-5-6-14(16)10-15-13-7-8-13/h12-15H,3-11H2,1-2H3. The van der Waals surface area contributed by atoms with Crippen molar-refractivity contribution in [2.45, 2.75) is 64.5 Å². The second-order valence-corrected chi connectivity index (χ2v) is 5.66.